The summed E-state index contributed by atoms with van der Waals surface area (Å²) in [5.74, 6) is 0. The standard InChI is InChI=1S/C13H10S/c1-14-12-8-10-6-2-4-9-5-3-7-11(12)13(9)10/h2-8H,1H3. The van der Waals surface area contributed by atoms with Gasteiger partial charge in [-0.1, -0.05) is 36.4 Å². The Hall–Kier alpha value is -1.21. The van der Waals surface area contributed by atoms with Crippen LogP contribution in [0.2, 0.25) is 0 Å². The molecule has 1 heteroatoms. The monoisotopic (exact) mass is 198 g/mol. The molecule has 2 aromatic carbocycles. The molecule has 2 aromatic rings. The van der Waals surface area contributed by atoms with E-state index in [0.29, 0.717) is 0 Å². The average molecular weight is 198 g/mol. The van der Waals surface area contributed by atoms with E-state index >= 15 is 0 Å². The van der Waals surface area contributed by atoms with Crippen molar-refractivity contribution in [2.45, 2.75) is 0 Å². The van der Waals surface area contributed by atoms with Crippen LogP contribution >= 0.6 is 11.8 Å². The van der Waals surface area contributed by atoms with Crippen molar-refractivity contribution in [1.82, 2.24) is 0 Å². The topological polar surface area (TPSA) is 0 Å². The van der Waals surface area contributed by atoms with E-state index in [2.05, 4.69) is 48.7 Å². The molecule has 0 heterocycles. The highest BCUT2D eigenvalue weighted by atomic mass is 32.2. The maximum Gasteiger partial charge on any atom is 0.0154 e. The van der Waals surface area contributed by atoms with Crippen LogP contribution in [-0.4, -0.2) is 6.26 Å². The molecular weight excluding hydrogens is 188 g/mol. The second-order valence-electron chi connectivity index (χ2n) is 3.46. The van der Waals surface area contributed by atoms with Crippen molar-refractivity contribution in [3.63, 3.8) is 0 Å². The zero-order chi connectivity index (χ0) is 9.54. The van der Waals surface area contributed by atoms with Crippen molar-refractivity contribution in [2.24, 2.45) is 0 Å². The Balaban J connectivity index is 2.46. The van der Waals surface area contributed by atoms with Crippen molar-refractivity contribution in [2.75, 3.05) is 6.26 Å². The highest BCUT2D eigenvalue weighted by Gasteiger charge is 2.14. The SMILES string of the molecule is CSC1=Cc2cccc3cccc1c23. The third-order valence-corrected chi connectivity index (χ3v) is 3.49. The summed E-state index contributed by atoms with van der Waals surface area (Å²) in [6.45, 7) is 0. The van der Waals surface area contributed by atoms with Crippen LogP contribution in [0.15, 0.2) is 36.4 Å². The van der Waals surface area contributed by atoms with Gasteiger partial charge in [0.15, 0.2) is 0 Å². The van der Waals surface area contributed by atoms with Crippen LogP contribution in [-0.2, 0) is 0 Å². The highest BCUT2D eigenvalue weighted by molar-refractivity contribution is 8.07. The number of thioether (sulfide) groups is 1. The molecule has 0 saturated carbocycles. The van der Waals surface area contributed by atoms with Gasteiger partial charge in [-0.3, -0.25) is 0 Å². The van der Waals surface area contributed by atoms with Gasteiger partial charge in [0.1, 0.15) is 0 Å². The van der Waals surface area contributed by atoms with Crippen LogP contribution in [0.5, 0.6) is 0 Å². The molecule has 0 N–H and O–H groups in total. The van der Waals surface area contributed by atoms with E-state index in [4.69, 9.17) is 0 Å². The van der Waals surface area contributed by atoms with E-state index in [1.54, 1.807) is 0 Å². The van der Waals surface area contributed by atoms with Crippen LogP contribution in [0.3, 0.4) is 0 Å². The normalized spacial score (nSPS) is 13.4. The zero-order valence-corrected chi connectivity index (χ0v) is 8.77. The summed E-state index contributed by atoms with van der Waals surface area (Å²) >= 11 is 1.82. The predicted molar refractivity (Wildman–Crippen MR) is 65.3 cm³/mol. The molecule has 1 aliphatic carbocycles. The first-order valence-electron chi connectivity index (χ1n) is 4.68. The van der Waals surface area contributed by atoms with E-state index in [9.17, 15) is 0 Å². The first-order chi connectivity index (χ1) is 6.90. The number of hydrogen-bond donors (Lipinski definition) is 0. The number of benzene rings is 2. The minimum atomic E-state index is 1.35. The molecule has 0 atom stereocenters. The Labute approximate surface area is 87.6 Å². The lowest BCUT2D eigenvalue weighted by atomic mass is 10.0. The maximum atomic E-state index is 2.28. The van der Waals surface area contributed by atoms with Gasteiger partial charge >= 0.3 is 0 Å². The number of rotatable bonds is 1. The molecule has 0 fully saturated rings. The lowest BCUT2D eigenvalue weighted by Gasteiger charge is -2.02. The first kappa shape index (κ1) is 8.13. The Morgan fingerprint density at radius 2 is 1.79 bits per heavy atom. The smallest absolute Gasteiger partial charge is 0.0154 e. The van der Waals surface area contributed by atoms with E-state index in [0.717, 1.165) is 0 Å². The molecule has 0 amide bonds. The molecular formula is C13H10S. The van der Waals surface area contributed by atoms with Crippen LogP contribution in [0, 0.1) is 0 Å². The summed E-state index contributed by atoms with van der Waals surface area (Å²) in [5, 5.41) is 2.76. The van der Waals surface area contributed by atoms with Gasteiger partial charge in [0.05, 0.1) is 0 Å². The van der Waals surface area contributed by atoms with Crippen LogP contribution in [0.4, 0.5) is 0 Å². The fourth-order valence-electron chi connectivity index (χ4n) is 2.08. The van der Waals surface area contributed by atoms with Gasteiger partial charge in [-0.2, -0.15) is 0 Å². The largest absolute Gasteiger partial charge is 0.129 e. The van der Waals surface area contributed by atoms with E-state index in [1.165, 1.54) is 26.8 Å². The van der Waals surface area contributed by atoms with Crippen molar-refractivity contribution in [3.8, 4) is 0 Å². The van der Waals surface area contributed by atoms with Gasteiger partial charge in [-0.25, -0.2) is 0 Å². The maximum absolute atomic E-state index is 2.28. The van der Waals surface area contributed by atoms with Crippen LogP contribution in [0.25, 0.3) is 21.8 Å². The lowest BCUT2D eigenvalue weighted by Crippen LogP contribution is -1.78. The molecule has 0 spiro atoms. The minimum absolute atomic E-state index is 1.35. The molecule has 1 aliphatic rings. The van der Waals surface area contributed by atoms with Crippen LogP contribution < -0.4 is 0 Å². The highest BCUT2D eigenvalue weighted by Crippen LogP contribution is 2.40. The molecule has 0 saturated heterocycles. The fourth-order valence-corrected chi connectivity index (χ4v) is 2.72. The van der Waals surface area contributed by atoms with Crippen LogP contribution in [0.1, 0.15) is 11.1 Å². The lowest BCUT2D eigenvalue weighted by molar-refractivity contribution is 1.72. The fraction of sp³-hybridized carbons (Fsp3) is 0.0769. The molecule has 0 aromatic heterocycles. The minimum Gasteiger partial charge on any atom is -0.129 e. The zero-order valence-electron chi connectivity index (χ0n) is 7.95. The summed E-state index contributed by atoms with van der Waals surface area (Å²) in [6, 6.07) is 13.0. The van der Waals surface area contributed by atoms with Gasteiger partial charge in [0, 0.05) is 4.91 Å². The van der Waals surface area contributed by atoms with Crippen molar-refractivity contribution >= 4 is 33.5 Å². The van der Waals surface area contributed by atoms with Gasteiger partial charge in [-0.05, 0) is 34.2 Å². The third-order valence-electron chi connectivity index (χ3n) is 2.71. The molecule has 0 unspecified atom stereocenters. The molecule has 0 radical (unpaired) electrons. The average Bonchev–Trinajstić information content (AvgIpc) is 2.60. The molecule has 3 rings (SSSR count). The summed E-state index contributed by atoms with van der Waals surface area (Å²) < 4.78 is 0. The molecule has 0 bridgehead atoms. The van der Waals surface area contributed by atoms with Gasteiger partial charge in [-0.15, -0.1) is 11.8 Å². The van der Waals surface area contributed by atoms with E-state index in [-0.39, 0.29) is 0 Å². The number of hydrogen-bond acceptors (Lipinski definition) is 1. The van der Waals surface area contributed by atoms with Crippen molar-refractivity contribution in [1.29, 1.82) is 0 Å². The Kier molecular flexibility index (Phi) is 1.68. The molecule has 0 nitrogen and oxygen atoms in total. The van der Waals surface area contributed by atoms with E-state index in [1.807, 2.05) is 11.8 Å². The summed E-state index contributed by atoms with van der Waals surface area (Å²) in [6.07, 6.45) is 4.42. The Morgan fingerprint density at radius 3 is 2.57 bits per heavy atom. The summed E-state index contributed by atoms with van der Waals surface area (Å²) in [4.78, 5) is 1.39. The molecule has 14 heavy (non-hydrogen) atoms. The van der Waals surface area contributed by atoms with Gasteiger partial charge in [0.25, 0.3) is 0 Å². The first-order valence-corrected chi connectivity index (χ1v) is 5.90. The second kappa shape index (κ2) is 2.89. The molecule has 68 valence electrons. The summed E-state index contributed by atoms with van der Waals surface area (Å²) in [5.41, 5.74) is 2.76. The van der Waals surface area contributed by atoms with Crippen molar-refractivity contribution < 1.29 is 0 Å². The third kappa shape index (κ3) is 0.962. The Bertz CT molecular complexity index is 533. The van der Waals surface area contributed by atoms with Gasteiger partial charge < -0.3 is 0 Å². The molecule has 0 aliphatic heterocycles. The second-order valence-corrected chi connectivity index (χ2v) is 4.31. The van der Waals surface area contributed by atoms with E-state index < -0.39 is 0 Å². The predicted octanol–water partition coefficient (Wildman–Crippen LogP) is 4.01. The quantitative estimate of drug-likeness (QED) is 0.667. The Morgan fingerprint density at radius 1 is 1.00 bits per heavy atom. The summed E-state index contributed by atoms with van der Waals surface area (Å²) in [7, 11) is 0. The van der Waals surface area contributed by atoms with Crippen molar-refractivity contribution in [3.05, 3.63) is 47.5 Å². The van der Waals surface area contributed by atoms with Gasteiger partial charge in [0.2, 0.25) is 0 Å².